The van der Waals surface area contributed by atoms with Crippen LogP contribution in [0.3, 0.4) is 0 Å². The van der Waals surface area contributed by atoms with Crippen LogP contribution in [-0.4, -0.2) is 25.7 Å². The normalized spacial score (nSPS) is 16.6. The molecule has 0 spiro atoms. The second-order valence-corrected chi connectivity index (χ2v) is 5.36. The third-order valence-corrected chi connectivity index (χ3v) is 4.26. The maximum atomic E-state index is 5.98. The van der Waals surface area contributed by atoms with E-state index in [1.807, 2.05) is 6.07 Å². The second kappa shape index (κ2) is 4.17. The van der Waals surface area contributed by atoms with Crippen molar-refractivity contribution in [3.8, 4) is 11.5 Å². The van der Waals surface area contributed by atoms with Gasteiger partial charge in [-0.25, -0.2) is 0 Å². The van der Waals surface area contributed by atoms with Crippen LogP contribution in [0.1, 0.15) is 24.1 Å². The third kappa shape index (κ3) is 1.70. The highest BCUT2D eigenvalue weighted by Gasteiger charge is 2.45. The van der Waals surface area contributed by atoms with Crippen LogP contribution in [0.5, 0.6) is 11.5 Å². The Morgan fingerprint density at radius 2 is 1.84 bits per heavy atom. The van der Waals surface area contributed by atoms with Crippen molar-refractivity contribution in [3.63, 3.8) is 0 Å². The molecule has 0 atom stereocenters. The van der Waals surface area contributed by atoms with Crippen molar-refractivity contribution >= 4 is 10.9 Å². The SMILES string of the molecule is COc1cc2[nH]c(C)c(C3(CN)CC3)c2cc1OC. The molecule has 1 aliphatic carbocycles. The zero-order chi connectivity index (χ0) is 13.6. The number of hydrogen-bond donors (Lipinski definition) is 2. The van der Waals surface area contributed by atoms with Crippen molar-refractivity contribution in [3.05, 3.63) is 23.4 Å². The number of aromatic nitrogens is 1. The number of methoxy groups -OCH3 is 2. The van der Waals surface area contributed by atoms with E-state index >= 15 is 0 Å². The number of H-pyrrole nitrogens is 1. The lowest BCUT2D eigenvalue weighted by Crippen LogP contribution is -2.20. The van der Waals surface area contributed by atoms with E-state index in [0.29, 0.717) is 6.54 Å². The van der Waals surface area contributed by atoms with Gasteiger partial charge in [-0.1, -0.05) is 0 Å². The van der Waals surface area contributed by atoms with E-state index < -0.39 is 0 Å². The maximum absolute atomic E-state index is 5.98. The van der Waals surface area contributed by atoms with Gasteiger partial charge in [0.05, 0.1) is 14.2 Å². The molecule has 1 heterocycles. The van der Waals surface area contributed by atoms with Gasteiger partial charge in [0.1, 0.15) is 0 Å². The first-order chi connectivity index (χ1) is 9.15. The van der Waals surface area contributed by atoms with E-state index in [1.165, 1.54) is 29.5 Å². The number of hydrogen-bond acceptors (Lipinski definition) is 3. The summed E-state index contributed by atoms with van der Waals surface area (Å²) in [4.78, 5) is 3.44. The van der Waals surface area contributed by atoms with Gasteiger partial charge < -0.3 is 20.2 Å². The molecule has 0 saturated heterocycles. The molecule has 102 valence electrons. The Labute approximate surface area is 112 Å². The Kier molecular flexibility index (Phi) is 2.71. The van der Waals surface area contributed by atoms with Crippen molar-refractivity contribution in [2.75, 3.05) is 20.8 Å². The fourth-order valence-electron chi connectivity index (χ4n) is 3.05. The van der Waals surface area contributed by atoms with Gasteiger partial charge in [-0.05, 0) is 31.4 Å². The van der Waals surface area contributed by atoms with Crippen LogP contribution < -0.4 is 15.2 Å². The number of aromatic amines is 1. The van der Waals surface area contributed by atoms with Gasteiger partial charge >= 0.3 is 0 Å². The summed E-state index contributed by atoms with van der Waals surface area (Å²) in [6.45, 7) is 2.82. The number of nitrogens with one attached hydrogen (secondary N) is 1. The summed E-state index contributed by atoms with van der Waals surface area (Å²) in [7, 11) is 3.32. The average molecular weight is 260 g/mol. The number of rotatable bonds is 4. The number of nitrogens with two attached hydrogens (primary N) is 1. The molecule has 4 nitrogen and oxygen atoms in total. The van der Waals surface area contributed by atoms with Gasteiger partial charge in [-0.2, -0.15) is 0 Å². The molecule has 0 radical (unpaired) electrons. The van der Waals surface area contributed by atoms with E-state index in [9.17, 15) is 0 Å². The Balaban J connectivity index is 2.26. The molecule has 1 aliphatic rings. The predicted octanol–water partition coefficient (Wildman–Crippen LogP) is 2.48. The molecule has 0 amide bonds. The molecule has 2 aromatic rings. The summed E-state index contributed by atoms with van der Waals surface area (Å²) in [5.41, 5.74) is 9.79. The summed E-state index contributed by atoms with van der Waals surface area (Å²) >= 11 is 0. The van der Waals surface area contributed by atoms with Crippen molar-refractivity contribution in [2.24, 2.45) is 5.73 Å². The van der Waals surface area contributed by atoms with Crippen LogP contribution in [0, 0.1) is 6.92 Å². The molecule has 1 saturated carbocycles. The van der Waals surface area contributed by atoms with Crippen LogP contribution in [0.4, 0.5) is 0 Å². The van der Waals surface area contributed by atoms with Crippen LogP contribution in [0.2, 0.25) is 0 Å². The Morgan fingerprint density at radius 1 is 1.21 bits per heavy atom. The summed E-state index contributed by atoms with van der Waals surface area (Å²) < 4.78 is 10.8. The molecule has 3 rings (SSSR count). The Morgan fingerprint density at radius 3 is 2.37 bits per heavy atom. The van der Waals surface area contributed by atoms with Crippen LogP contribution in [-0.2, 0) is 5.41 Å². The van der Waals surface area contributed by atoms with Gasteiger partial charge in [0.15, 0.2) is 11.5 Å². The topological polar surface area (TPSA) is 60.3 Å². The van der Waals surface area contributed by atoms with Crippen molar-refractivity contribution < 1.29 is 9.47 Å². The second-order valence-electron chi connectivity index (χ2n) is 5.36. The molecule has 19 heavy (non-hydrogen) atoms. The first-order valence-electron chi connectivity index (χ1n) is 6.60. The average Bonchev–Trinajstić information content (AvgIpc) is 3.14. The maximum Gasteiger partial charge on any atom is 0.162 e. The first kappa shape index (κ1) is 12.4. The van der Waals surface area contributed by atoms with E-state index in [4.69, 9.17) is 15.2 Å². The molecular formula is C15H20N2O2. The quantitative estimate of drug-likeness (QED) is 0.888. The highest BCUT2D eigenvalue weighted by Crippen LogP contribution is 2.51. The van der Waals surface area contributed by atoms with Crippen molar-refractivity contribution in [2.45, 2.75) is 25.2 Å². The number of fused-ring (bicyclic) bond motifs is 1. The summed E-state index contributed by atoms with van der Waals surface area (Å²) in [5.74, 6) is 1.52. The molecule has 0 bridgehead atoms. The van der Waals surface area contributed by atoms with Gasteiger partial charge in [-0.15, -0.1) is 0 Å². The summed E-state index contributed by atoms with van der Waals surface area (Å²) in [6, 6.07) is 4.06. The van der Waals surface area contributed by atoms with Crippen LogP contribution in [0.15, 0.2) is 12.1 Å². The highest BCUT2D eigenvalue weighted by atomic mass is 16.5. The molecule has 1 aromatic carbocycles. The fourth-order valence-corrected chi connectivity index (χ4v) is 3.05. The van der Waals surface area contributed by atoms with Gasteiger partial charge in [-0.3, -0.25) is 0 Å². The fraction of sp³-hybridized carbons (Fsp3) is 0.467. The Bertz CT molecular complexity index is 627. The van der Waals surface area contributed by atoms with E-state index in [-0.39, 0.29) is 5.41 Å². The van der Waals surface area contributed by atoms with Gasteiger partial charge in [0, 0.05) is 34.6 Å². The molecule has 1 aromatic heterocycles. The zero-order valence-electron chi connectivity index (χ0n) is 11.7. The Hall–Kier alpha value is -1.68. The monoisotopic (exact) mass is 260 g/mol. The molecule has 3 N–H and O–H groups in total. The first-order valence-corrected chi connectivity index (χ1v) is 6.60. The molecule has 1 fully saturated rings. The number of aryl methyl sites for hydroxylation is 1. The lowest BCUT2D eigenvalue weighted by molar-refractivity contribution is 0.356. The highest BCUT2D eigenvalue weighted by molar-refractivity contribution is 5.89. The van der Waals surface area contributed by atoms with Gasteiger partial charge in [0.25, 0.3) is 0 Å². The summed E-state index contributed by atoms with van der Waals surface area (Å²) in [6.07, 6.45) is 2.34. The number of benzene rings is 1. The van der Waals surface area contributed by atoms with Crippen LogP contribution in [0.25, 0.3) is 10.9 Å². The van der Waals surface area contributed by atoms with Gasteiger partial charge in [0.2, 0.25) is 0 Å². The summed E-state index contributed by atoms with van der Waals surface area (Å²) in [5, 5.41) is 1.21. The van der Waals surface area contributed by atoms with Crippen molar-refractivity contribution in [1.82, 2.24) is 4.98 Å². The molecule has 4 heteroatoms. The molecular weight excluding hydrogens is 240 g/mol. The smallest absolute Gasteiger partial charge is 0.162 e. The van der Waals surface area contributed by atoms with E-state index in [1.54, 1.807) is 14.2 Å². The number of ether oxygens (including phenoxy) is 2. The largest absolute Gasteiger partial charge is 0.493 e. The van der Waals surface area contributed by atoms with E-state index in [2.05, 4.69) is 18.0 Å². The molecule has 0 aliphatic heterocycles. The minimum absolute atomic E-state index is 0.169. The molecule has 0 unspecified atom stereocenters. The minimum Gasteiger partial charge on any atom is -0.493 e. The zero-order valence-corrected chi connectivity index (χ0v) is 11.7. The standard InChI is InChI=1S/C15H20N2O2/c1-9-14(15(8-16)4-5-15)10-6-12(18-2)13(19-3)7-11(10)17-9/h6-7,17H,4-5,8,16H2,1-3H3. The minimum atomic E-state index is 0.169. The predicted molar refractivity (Wildman–Crippen MR) is 76.1 cm³/mol. The van der Waals surface area contributed by atoms with Crippen molar-refractivity contribution in [1.29, 1.82) is 0 Å². The van der Waals surface area contributed by atoms with Crippen LogP contribution >= 0.6 is 0 Å². The lowest BCUT2D eigenvalue weighted by atomic mass is 9.93. The third-order valence-electron chi connectivity index (χ3n) is 4.26. The van der Waals surface area contributed by atoms with E-state index in [0.717, 1.165) is 17.0 Å². The lowest BCUT2D eigenvalue weighted by Gasteiger charge is -2.14.